The summed E-state index contributed by atoms with van der Waals surface area (Å²) in [5, 5.41) is 13.2. The van der Waals surface area contributed by atoms with Crippen LogP contribution in [0, 0.1) is 0 Å². The van der Waals surface area contributed by atoms with Crippen LogP contribution in [0.3, 0.4) is 0 Å². The van der Waals surface area contributed by atoms with E-state index in [1.807, 2.05) is 13.8 Å². The topological polar surface area (TPSA) is 71.5 Å². The lowest BCUT2D eigenvalue weighted by molar-refractivity contribution is 0.0454. The fourth-order valence-corrected chi connectivity index (χ4v) is 1.57. The van der Waals surface area contributed by atoms with Crippen molar-refractivity contribution in [1.82, 2.24) is 4.98 Å². The maximum absolute atomic E-state index is 11.5. The van der Waals surface area contributed by atoms with Gasteiger partial charge in [-0.05, 0) is 25.0 Å². The van der Waals surface area contributed by atoms with Crippen LogP contribution in [0.5, 0.6) is 0 Å². The molecule has 5 heteroatoms. The van der Waals surface area contributed by atoms with Crippen LogP contribution in [0.25, 0.3) is 0 Å². The average Bonchev–Trinajstić information content (AvgIpc) is 2.44. The molecule has 0 atom stereocenters. The summed E-state index contributed by atoms with van der Waals surface area (Å²) in [5.41, 5.74) is -0.417. The number of ether oxygens (including phenoxy) is 1. The Morgan fingerprint density at radius 3 is 2.72 bits per heavy atom. The minimum Gasteiger partial charge on any atom is -0.465 e. The third kappa shape index (κ3) is 3.43. The van der Waals surface area contributed by atoms with Gasteiger partial charge in [0.15, 0.2) is 0 Å². The highest BCUT2D eigenvalue weighted by Gasteiger charge is 2.23. The van der Waals surface area contributed by atoms with E-state index in [4.69, 9.17) is 0 Å². The molecule has 0 saturated carbocycles. The van der Waals surface area contributed by atoms with Gasteiger partial charge in [-0.3, -0.25) is 0 Å². The van der Waals surface area contributed by atoms with Crippen molar-refractivity contribution in [2.24, 2.45) is 0 Å². The van der Waals surface area contributed by atoms with Gasteiger partial charge in [-0.25, -0.2) is 9.78 Å². The molecule has 100 valence electrons. The van der Waals surface area contributed by atoms with E-state index in [0.29, 0.717) is 30.8 Å². The first-order valence-corrected chi connectivity index (χ1v) is 6.06. The summed E-state index contributed by atoms with van der Waals surface area (Å²) in [6.07, 6.45) is 2.86. The Hall–Kier alpha value is -1.62. The molecule has 0 bridgehead atoms. The molecule has 0 fully saturated rings. The molecular weight excluding hydrogens is 232 g/mol. The monoisotopic (exact) mass is 252 g/mol. The Bertz CT molecular complexity index is 403. The Labute approximate surface area is 107 Å². The van der Waals surface area contributed by atoms with E-state index in [-0.39, 0.29) is 0 Å². The zero-order chi connectivity index (χ0) is 13.6. The number of pyridine rings is 1. The van der Waals surface area contributed by atoms with Crippen molar-refractivity contribution in [3.8, 4) is 0 Å². The minimum absolute atomic E-state index is 0.348. The molecule has 0 aliphatic carbocycles. The predicted octanol–water partition coefficient (Wildman–Crippen LogP) is 1.83. The molecule has 0 radical (unpaired) electrons. The fraction of sp³-hybridized carbons (Fsp3) is 0.538. The molecule has 0 saturated heterocycles. The highest BCUT2D eigenvalue weighted by Crippen LogP contribution is 2.18. The number of anilines is 1. The normalized spacial score (nSPS) is 11.1. The molecule has 5 nitrogen and oxygen atoms in total. The van der Waals surface area contributed by atoms with E-state index in [0.717, 1.165) is 0 Å². The van der Waals surface area contributed by atoms with Gasteiger partial charge in [-0.1, -0.05) is 13.8 Å². The number of carbonyl (C=O) groups excluding carboxylic acids is 1. The van der Waals surface area contributed by atoms with Crippen LogP contribution in [0.4, 0.5) is 5.82 Å². The summed E-state index contributed by atoms with van der Waals surface area (Å²) >= 11 is 0. The molecule has 0 spiro atoms. The van der Waals surface area contributed by atoms with Gasteiger partial charge in [0.1, 0.15) is 11.4 Å². The van der Waals surface area contributed by atoms with E-state index in [1.165, 1.54) is 7.11 Å². The van der Waals surface area contributed by atoms with Crippen molar-refractivity contribution in [3.63, 3.8) is 0 Å². The standard InChI is InChI=1S/C13H20N2O3/c1-4-13(17,5-2)9-15-11-10(12(16)18-3)7-6-8-14-11/h6-8,17H,4-5,9H2,1-3H3,(H,14,15). The van der Waals surface area contributed by atoms with Gasteiger partial charge in [0.25, 0.3) is 0 Å². The van der Waals surface area contributed by atoms with E-state index in [2.05, 4.69) is 15.0 Å². The number of aliphatic hydroxyl groups is 1. The van der Waals surface area contributed by atoms with Crippen LogP contribution in [-0.4, -0.2) is 35.3 Å². The molecular formula is C13H20N2O3. The predicted molar refractivity (Wildman–Crippen MR) is 69.6 cm³/mol. The second-order valence-corrected chi connectivity index (χ2v) is 4.18. The van der Waals surface area contributed by atoms with Gasteiger partial charge < -0.3 is 15.2 Å². The highest BCUT2D eigenvalue weighted by molar-refractivity contribution is 5.94. The molecule has 2 N–H and O–H groups in total. The van der Waals surface area contributed by atoms with Gasteiger partial charge in [-0.15, -0.1) is 0 Å². The second-order valence-electron chi connectivity index (χ2n) is 4.18. The molecule has 0 aromatic carbocycles. The number of esters is 1. The fourth-order valence-electron chi connectivity index (χ4n) is 1.57. The third-order valence-corrected chi connectivity index (χ3v) is 3.11. The zero-order valence-corrected chi connectivity index (χ0v) is 11.1. The van der Waals surface area contributed by atoms with Crippen molar-refractivity contribution in [2.75, 3.05) is 19.0 Å². The van der Waals surface area contributed by atoms with Gasteiger partial charge in [0, 0.05) is 12.7 Å². The maximum Gasteiger partial charge on any atom is 0.341 e. The number of hydrogen-bond donors (Lipinski definition) is 2. The van der Waals surface area contributed by atoms with Gasteiger partial charge in [0.05, 0.1) is 12.7 Å². The lowest BCUT2D eigenvalue weighted by atomic mass is 9.97. The minimum atomic E-state index is -0.787. The van der Waals surface area contributed by atoms with Crippen LogP contribution in [0.2, 0.25) is 0 Å². The molecule has 0 aliphatic heterocycles. The number of hydrogen-bond acceptors (Lipinski definition) is 5. The van der Waals surface area contributed by atoms with Crippen LogP contribution >= 0.6 is 0 Å². The second kappa shape index (κ2) is 6.35. The van der Waals surface area contributed by atoms with Gasteiger partial charge >= 0.3 is 5.97 Å². The summed E-state index contributed by atoms with van der Waals surface area (Å²) in [6.45, 7) is 4.19. The van der Waals surface area contributed by atoms with E-state index < -0.39 is 11.6 Å². The van der Waals surface area contributed by atoms with Crippen molar-refractivity contribution >= 4 is 11.8 Å². The molecule has 1 aromatic rings. The number of carbonyl (C=O) groups is 1. The van der Waals surface area contributed by atoms with Crippen molar-refractivity contribution in [2.45, 2.75) is 32.3 Å². The molecule has 0 aliphatic rings. The van der Waals surface area contributed by atoms with Crippen LogP contribution < -0.4 is 5.32 Å². The zero-order valence-electron chi connectivity index (χ0n) is 11.1. The lowest BCUT2D eigenvalue weighted by Gasteiger charge is -2.26. The average molecular weight is 252 g/mol. The van der Waals surface area contributed by atoms with Gasteiger partial charge in [-0.2, -0.15) is 0 Å². The first-order valence-electron chi connectivity index (χ1n) is 6.06. The Balaban J connectivity index is 2.82. The van der Waals surface area contributed by atoms with Crippen molar-refractivity contribution in [3.05, 3.63) is 23.9 Å². The number of rotatable bonds is 6. The van der Waals surface area contributed by atoms with E-state index in [9.17, 15) is 9.90 Å². The summed E-state index contributed by atoms with van der Waals surface area (Å²) in [7, 11) is 1.33. The number of methoxy groups -OCH3 is 1. The SMILES string of the molecule is CCC(O)(CC)CNc1ncccc1C(=O)OC. The van der Waals surface area contributed by atoms with Crippen LogP contribution in [-0.2, 0) is 4.74 Å². The smallest absolute Gasteiger partial charge is 0.341 e. The van der Waals surface area contributed by atoms with Crippen LogP contribution in [0.15, 0.2) is 18.3 Å². The highest BCUT2D eigenvalue weighted by atomic mass is 16.5. The van der Waals surface area contributed by atoms with E-state index in [1.54, 1.807) is 18.3 Å². The lowest BCUT2D eigenvalue weighted by Crippen LogP contribution is -2.36. The molecule has 1 rings (SSSR count). The molecule has 1 aromatic heterocycles. The summed E-state index contributed by atoms with van der Waals surface area (Å²) in [4.78, 5) is 15.6. The first-order chi connectivity index (χ1) is 8.56. The Morgan fingerprint density at radius 2 is 2.17 bits per heavy atom. The Kier molecular flexibility index (Phi) is 5.09. The molecule has 0 amide bonds. The largest absolute Gasteiger partial charge is 0.465 e. The quantitative estimate of drug-likeness (QED) is 0.756. The summed E-state index contributed by atoms with van der Waals surface area (Å²) in [6, 6.07) is 3.31. The van der Waals surface area contributed by atoms with Gasteiger partial charge in [0.2, 0.25) is 0 Å². The van der Waals surface area contributed by atoms with Crippen LogP contribution in [0.1, 0.15) is 37.0 Å². The number of aromatic nitrogens is 1. The Morgan fingerprint density at radius 1 is 1.50 bits per heavy atom. The van der Waals surface area contributed by atoms with Crippen molar-refractivity contribution < 1.29 is 14.6 Å². The van der Waals surface area contributed by atoms with E-state index >= 15 is 0 Å². The number of nitrogens with zero attached hydrogens (tertiary/aromatic N) is 1. The molecule has 0 unspecified atom stereocenters. The summed E-state index contributed by atoms with van der Waals surface area (Å²) < 4.78 is 4.68. The summed E-state index contributed by atoms with van der Waals surface area (Å²) in [5.74, 6) is -0.00758. The third-order valence-electron chi connectivity index (χ3n) is 3.11. The van der Waals surface area contributed by atoms with Crippen molar-refractivity contribution in [1.29, 1.82) is 0 Å². The number of nitrogens with one attached hydrogen (secondary N) is 1. The molecule has 1 heterocycles. The molecule has 18 heavy (non-hydrogen) atoms. The first kappa shape index (κ1) is 14.4. The maximum atomic E-state index is 11.5.